The van der Waals surface area contributed by atoms with Crippen LogP contribution >= 0.6 is 0 Å². The van der Waals surface area contributed by atoms with Crippen molar-refractivity contribution in [1.29, 1.82) is 0 Å². The molecule has 0 bridgehead atoms. The Labute approximate surface area is 120 Å². The molecule has 0 saturated carbocycles. The summed E-state index contributed by atoms with van der Waals surface area (Å²) in [7, 11) is 0. The summed E-state index contributed by atoms with van der Waals surface area (Å²) in [5.74, 6) is -1.02. The fourth-order valence-corrected chi connectivity index (χ4v) is 2.54. The molecule has 0 unspecified atom stereocenters. The molecule has 106 valence electrons. The van der Waals surface area contributed by atoms with E-state index in [4.69, 9.17) is 5.11 Å². The highest BCUT2D eigenvalue weighted by atomic mass is 16.4. The molecule has 0 aliphatic heterocycles. The van der Waals surface area contributed by atoms with Gasteiger partial charge in [-0.1, -0.05) is 17.7 Å². The highest BCUT2D eigenvalue weighted by Crippen LogP contribution is 2.20. The maximum atomic E-state index is 12.2. The van der Waals surface area contributed by atoms with Crippen molar-refractivity contribution in [2.45, 2.75) is 13.8 Å². The van der Waals surface area contributed by atoms with E-state index in [1.807, 2.05) is 32.0 Å². The average molecular weight is 282 g/mol. The minimum absolute atomic E-state index is 0.150. The summed E-state index contributed by atoms with van der Waals surface area (Å²) in [5, 5.41) is 9.01. The van der Waals surface area contributed by atoms with Crippen LogP contribution in [0.3, 0.4) is 0 Å². The average Bonchev–Trinajstić information content (AvgIpc) is 2.74. The highest BCUT2D eigenvalue weighted by molar-refractivity contribution is 5.92. The van der Waals surface area contributed by atoms with Gasteiger partial charge < -0.3 is 10.1 Å². The van der Waals surface area contributed by atoms with Gasteiger partial charge in [0.2, 0.25) is 0 Å². The van der Waals surface area contributed by atoms with E-state index in [0.29, 0.717) is 11.0 Å². The number of benzene rings is 2. The first-order valence-electron chi connectivity index (χ1n) is 6.53. The van der Waals surface area contributed by atoms with Gasteiger partial charge in [0, 0.05) is 0 Å². The van der Waals surface area contributed by atoms with Crippen LogP contribution in [0.5, 0.6) is 0 Å². The van der Waals surface area contributed by atoms with Crippen molar-refractivity contribution >= 4 is 17.0 Å². The molecule has 3 rings (SSSR count). The Balaban J connectivity index is 2.30. The molecule has 0 fully saturated rings. The van der Waals surface area contributed by atoms with Crippen molar-refractivity contribution in [2.75, 3.05) is 0 Å². The van der Waals surface area contributed by atoms with E-state index < -0.39 is 5.97 Å². The van der Waals surface area contributed by atoms with Crippen LogP contribution in [0.1, 0.15) is 21.5 Å². The number of hydrogen-bond donors (Lipinski definition) is 2. The maximum Gasteiger partial charge on any atom is 0.335 e. The number of carbonyl (C=O) groups is 1. The molecule has 5 nitrogen and oxygen atoms in total. The van der Waals surface area contributed by atoms with E-state index in [1.165, 1.54) is 12.1 Å². The molecule has 0 saturated heterocycles. The molecular weight excluding hydrogens is 268 g/mol. The van der Waals surface area contributed by atoms with E-state index in [1.54, 1.807) is 10.6 Å². The Kier molecular flexibility index (Phi) is 2.90. The minimum atomic E-state index is -1.02. The Morgan fingerprint density at radius 1 is 1.14 bits per heavy atom. The van der Waals surface area contributed by atoms with Crippen LogP contribution in [-0.2, 0) is 0 Å². The van der Waals surface area contributed by atoms with E-state index >= 15 is 0 Å². The molecule has 1 heterocycles. The lowest BCUT2D eigenvalue weighted by molar-refractivity contribution is 0.0697. The van der Waals surface area contributed by atoms with Gasteiger partial charge in [-0.05, 0) is 43.7 Å². The number of aryl methyl sites for hydroxylation is 2. The third-order valence-electron chi connectivity index (χ3n) is 3.52. The zero-order chi connectivity index (χ0) is 15.1. The standard InChI is InChI=1S/C16H14N2O3/c1-9-3-5-13(10(2)7-9)18-14-6-4-11(15(19)20)8-12(14)17-16(18)21/h3-8H,1-2H3,(H,17,21)(H,19,20). The van der Waals surface area contributed by atoms with Gasteiger partial charge in [0.1, 0.15) is 0 Å². The van der Waals surface area contributed by atoms with Gasteiger partial charge in [0.25, 0.3) is 0 Å². The molecule has 3 aromatic rings. The second kappa shape index (κ2) is 4.63. The molecule has 0 radical (unpaired) electrons. The number of nitrogens with zero attached hydrogens (tertiary/aromatic N) is 1. The predicted octanol–water partition coefficient (Wildman–Crippen LogP) is 2.63. The number of aromatic carboxylic acids is 1. The lowest BCUT2D eigenvalue weighted by Crippen LogP contribution is -2.15. The smallest absolute Gasteiger partial charge is 0.335 e. The number of aromatic amines is 1. The second-order valence-electron chi connectivity index (χ2n) is 5.09. The maximum absolute atomic E-state index is 12.2. The number of nitrogens with one attached hydrogen (secondary N) is 1. The number of imidazole rings is 1. The third kappa shape index (κ3) is 2.12. The number of carboxylic acids is 1. The predicted molar refractivity (Wildman–Crippen MR) is 80.3 cm³/mol. The van der Waals surface area contributed by atoms with Crippen LogP contribution in [0.2, 0.25) is 0 Å². The van der Waals surface area contributed by atoms with Gasteiger partial charge in [-0.15, -0.1) is 0 Å². The number of H-pyrrole nitrogens is 1. The van der Waals surface area contributed by atoms with Crippen molar-refractivity contribution in [3.8, 4) is 5.69 Å². The summed E-state index contributed by atoms with van der Waals surface area (Å²) in [6, 6.07) is 10.5. The SMILES string of the molecule is Cc1ccc(-n2c(=O)[nH]c3cc(C(=O)O)ccc32)c(C)c1. The van der Waals surface area contributed by atoms with E-state index in [9.17, 15) is 9.59 Å². The summed E-state index contributed by atoms with van der Waals surface area (Å²) in [6.45, 7) is 3.94. The molecule has 0 spiro atoms. The van der Waals surface area contributed by atoms with Gasteiger partial charge >= 0.3 is 11.7 Å². The molecule has 2 aromatic carbocycles. The normalized spacial score (nSPS) is 11.0. The van der Waals surface area contributed by atoms with Crippen LogP contribution in [0.25, 0.3) is 16.7 Å². The Morgan fingerprint density at radius 3 is 2.57 bits per heavy atom. The summed E-state index contributed by atoms with van der Waals surface area (Å²) in [4.78, 5) is 25.9. The Hall–Kier alpha value is -2.82. The molecule has 2 N–H and O–H groups in total. The molecular formula is C16H14N2O3. The zero-order valence-corrected chi connectivity index (χ0v) is 11.7. The van der Waals surface area contributed by atoms with Crippen LogP contribution in [0.4, 0.5) is 0 Å². The van der Waals surface area contributed by atoms with Crippen LogP contribution < -0.4 is 5.69 Å². The first-order valence-corrected chi connectivity index (χ1v) is 6.53. The quantitative estimate of drug-likeness (QED) is 0.758. The topological polar surface area (TPSA) is 75.1 Å². The number of hydrogen-bond acceptors (Lipinski definition) is 2. The molecule has 0 amide bonds. The molecule has 1 aromatic heterocycles. The molecule has 0 aliphatic rings. The largest absolute Gasteiger partial charge is 0.478 e. The first-order chi connectivity index (χ1) is 9.97. The van der Waals surface area contributed by atoms with Crippen molar-refractivity contribution in [2.24, 2.45) is 0 Å². The van der Waals surface area contributed by atoms with Crippen LogP contribution in [0.15, 0.2) is 41.2 Å². The molecule has 0 atom stereocenters. The van der Waals surface area contributed by atoms with Gasteiger partial charge in [-0.25, -0.2) is 9.59 Å². The van der Waals surface area contributed by atoms with E-state index in [-0.39, 0.29) is 11.3 Å². The Morgan fingerprint density at radius 2 is 1.90 bits per heavy atom. The van der Waals surface area contributed by atoms with Gasteiger partial charge in [0.05, 0.1) is 22.3 Å². The summed E-state index contributed by atoms with van der Waals surface area (Å²) < 4.78 is 1.57. The lowest BCUT2D eigenvalue weighted by atomic mass is 10.1. The lowest BCUT2D eigenvalue weighted by Gasteiger charge is -2.08. The van der Waals surface area contributed by atoms with Gasteiger partial charge in [-0.2, -0.15) is 0 Å². The zero-order valence-electron chi connectivity index (χ0n) is 11.7. The third-order valence-corrected chi connectivity index (χ3v) is 3.52. The first kappa shape index (κ1) is 13.2. The second-order valence-corrected chi connectivity index (χ2v) is 5.09. The highest BCUT2D eigenvalue weighted by Gasteiger charge is 2.12. The van der Waals surface area contributed by atoms with Gasteiger partial charge in [0.15, 0.2) is 0 Å². The summed E-state index contributed by atoms with van der Waals surface area (Å²) >= 11 is 0. The Bertz CT molecular complexity index is 919. The van der Waals surface area contributed by atoms with Crippen LogP contribution in [0, 0.1) is 13.8 Å². The number of rotatable bonds is 2. The fraction of sp³-hybridized carbons (Fsp3) is 0.125. The van der Waals surface area contributed by atoms with E-state index in [0.717, 1.165) is 16.8 Å². The monoisotopic (exact) mass is 282 g/mol. The molecule has 21 heavy (non-hydrogen) atoms. The minimum Gasteiger partial charge on any atom is -0.478 e. The molecule has 5 heteroatoms. The molecule has 0 aliphatic carbocycles. The summed E-state index contributed by atoms with van der Waals surface area (Å²) in [6.07, 6.45) is 0. The van der Waals surface area contributed by atoms with Crippen LogP contribution in [-0.4, -0.2) is 20.6 Å². The van der Waals surface area contributed by atoms with Crippen molar-refractivity contribution in [3.05, 3.63) is 63.6 Å². The number of carboxylic acid groups (broad SMARTS) is 1. The number of fused-ring (bicyclic) bond motifs is 1. The van der Waals surface area contributed by atoms with Crippen molar-refractivity contribution in [1.82, 2.24) is 9.55 Å². The van der Waals surface area contributed by atoms with E-state index in [2.05, 4.69) is 4.98 Å². The summed E-state index contributed by atoms with van der Waals surface area (Å²) in [5.41, 5.74) is 3.95. The van der Waals surface area contributed by atoms with Gasteiger partial charge in [-0.3, -0.25) is 4.57 Å². The van der Waals surface area contributed by atoms with Crippen molar-refractivity contribution in [3.63, 3.8) is 0 Å². The number of aromatic nitrogens is 2. The fourth-order valence-electron chi connectivity index (χ4n) is 2.54. The van der Waals surface area contributed by atoms with Crippen molar-refractivity contribution < 1.29 is 9.90 Å².